The predicted octanol–water partition coefficient (Wildman–Crippen LogP) is 4.62. The van der Waals surface area contributed by atoms with E-state index in [0.29, 0.717) is 18.3 Å². The minimum Gasteiger partial charge on any atom is -0.494 e. The van der Waals surface area contributed by atoms with Crippen molar-refractivity contribution in [2.45, 2.75) is 46.5 Å². The third-order valence-corrected chi connectivity index (χ3v) is 3.55. The molecule has 0 amide bonds. The maximum absolute atomic E-state index is 11.0. The number of rotatable bonds is 10. The van der Waals surface area contributed by atoms with Gasteiger partial charge in [0.1, 0.15) is 5.75 Å². The molecule has 0 saturated carbocycles. The summed E-state index contributed by atoms with van der Waals surface area (Å²) >= 11 is 0. The molecule has 1 rings (SSSR count). The van der Waals surface area contributed by atoms with Gasteiger partial charge < -0.3 is 10.1 Å². The van der Waals surface area contributed by atoms with E-state index in [2.05, 4.69) is 19.2 Å². The molecule has 0 fully saturated rings. The van der Waals surface area contributed by atoms with Crippen LogP contribution in [0.15, 0.2) is 18.2 Å². The van der Waals surface area contributed by atoms with Crippen molar-refractivity contribution in [3.63, 3.8) is 0 Å². The van der Waals surface area contributed by atoms with Gasteiger partial charge in [-0.1, -0.05) is 33.1 Å². The van der Waals surface area contributed by atoms with E-state index in [-0.39, 0.29) is 10.6 Å². The molecule has 0 aliphatic rings. The van der Waals surface area contributed by atoms with E-state index in [4.69, 9.17) is 4.74 Å². The number of nitro benzene ring substituents is 1. The minimum absolute atomic E-state index is 0.0602. The van der Waals surface area contributed by atoms with E-state index in [1.807, 2.05) is 13.0 Å². The molecule has 1 aromatic rings. The van der Waals surface area contributed by atoms with Gasteiger partial charge in [0.25, 0.3) is 5.69 Å². The van der Waals surface area contributed by atoms with Crippen LogP contribution in [0.4, 0.5) is 11.4 Å². The van der Waals surface area contributed by atoms with E-state index >= 15 is 0 Å². The maximum Gasteiger partial charge on any atom is 0.275 e. The molecule has 0 aliphatic heterocycles. The van der Waals surface area contributed by atoms with Gasteiger partial charge in [-0.2, -0.15) is 0 Å². The van der Waals surface area contributed by atoms with Crippen molar-refractivity contribution in [1.29, 1.82) is 0 Å². The monoisotopic (exact) mass is 294 g/mol. The molecule has 118 valence electrons. The highest BCUT2D eigenvalue weighted by Crippen LogP contribution is 2.26. The number of hydrogen-bond acceptors (Lipinski definition) is 4. The molecule has 0 aliphatic carbocycles. The van der Waals surface area contributed by atoms with E-state index in [0.717, 1.165) is 18.7 Å². The minimum atomic E-state index is -0.387. The first-order valence-corrected chi connectivity index (χ1v) is 7.76. The normalized spacial score (nSPS) is 12.0. The smallest absolute Gasteiger partial charge is 0.275 e. The number of ether oxygens (including phenoxy) is 1. The lowest BCUT2D eigenvalue weighted by Gasteiger charge is -2.16. The predicted molar refractivity (Wildman–Crippen MR) is 86.1 cm³/mol. The van der Waals surface area contributed by atoms with Gasteiger partial charge in [-0.05, 0) is 19.3 Å². The van der Waals surface area contributed by atoms with Gasteiger partial charge in [0.2, 0.25) is 0 Å². The lowest BCUT2D eigenvalue weighted by molar-refractivity contribution is -0.384. The fourth-order valence-corrected chi connectivity index (χ4v) is 2.25. The first-order chi connectivity index (χ1) is 10.1. The average Bonchev–Trinajstić information content (AvgIpc) is 2.47. The summed E-state index contributed by atoms with van der Waals surface area (Å²) in [6, 6.07) is 4.85. The molecule has 1 unspecified atom stereocenters. The molecule has 0 bridgehead atoms. The number of nitrogens with zero attached hydrogens (tertiary/aromatic N) is 1. The first kappa shape index (κ1) is 17.3. The Bertz CT molecular complexity index is 449. The van der Waals surface area contributed by atoms with E-state index < -0.39 is 0 Å². The number of non-ortho nitro benzene ring substituents is 1. The molecule has 0 aromatic heterocycles. The van der Waals surface area contributed by atoms with Crippen LogP contribution >= 0.6 is 0 Å². The third kappa shape index (κ3) is 6.02. The van der Waals surface area contributed by atoms with E-state index in [9.17, 15) is 10.1 Å². The zero-order valence-corrected chi connectivity index (χ0v) is 13.2. The van der Waals surface area contributed by atoms with Crippen LogP contribution < -0.4 is 10.1 Å². The first-order valence-electron chi connectivity index (χ1n) is 7.76. The van der Waals surface area contributed by atoms with Crippen LogP contribution in [-0.2, 0) is 0 Å². The third-order valence-electron chi connectivity index (χ3n) is 3.55. The second-order valence-corrected chi connectivity index (χ2v) is 5.20. The van der Waals surface area contributed by atoms with Crippen molar-refractivity contribution in [2.24, 2.45) is 5.92 Å². The largest absolute Gasteiger partial charge is 0.494 e. The van der Waals surface area contributed by atoms with Crippen LogP contribution in [-0.4, -0.2) is 18.1 Å². The summed E-state index contributed by atoms with van der Waals surface area (Å²) in [5.41, 5.74) is 0.813. The molecule has 0 radical (unpaired) electrons. The number of hydrogen-bond donors (Lipinski definition) is 1. The summed E-state index contributed by atoms with van der Waals surface area (Å²) in [7, 11) is 0. The average molecular weight is 294 g/mol. The van der Waals surface area contributed by atoms with Crippen LogP contribution in [0, 0.1) is 16.0 Å². The summed E-state index contributed by atoms with van der Waals surface area (Å²) in [6.07, 6.45) is 4.72. The summed E-state index contributed by atoms with van der Waals surface area (Å²) in [4.78, 5) is 10.6. The molecule has 0 heterocycles. The van der Waals surface area contributed by atoms with Crippen LogP contribution in [0.25, 0.3) is 0 Å². The van der Waals surface area contributed by atoms with E-state index in [1.165, 1.54) is 25.3 Å². The molecular formula is C16H26N2O3. The fraction of sp³-hybridized carbons (Fsp3) is 0.625. The number of nitrogens with one attached hydrogen (secondary N) is 1. The van der Waals surface area contributed by atoms with Crippen LogP contribution in [0.1, 0.15) is 46.5 Å². The van der Waals surface area contributed by atoms with Crippen molar-refractivity contribution >= 4 is 11.4 Å². The van der Waals surface area contributed by atoms with Gasteiger partial charge >= 0.3 is 0 Å². The number of anilines is 1. The van der Waals surface area contributed by atoms with Crippen molar-refractivity contribution < 1.29 is 9.66 Å². The summed E-state index contributed by atoms with van der Waals surface area (Å²) in [5.74, 6) is 1.13. The summed E-state index contributed by atoms with van der Waals surface area (Å²) in [5, 5.41) is 14.3. The molecular weight excluding hydrogens is 268 g/mol. The van der Waals surface area contributed by atoms with Gasteiger partial charge in [0, 0.05) is 24.4 Å². The lowest BCUT2D eigenvalue weighted by atomic mass is 9.99. The Labute approximate surface area is 126 Å². The van der Waals surface area contributed by atoms with Crippen molar-refractivity contribution in [2.75, 3.05) is 18.5 Å². The fourth-order valence-electron chi connectivity index (χ4n) is 2.25. The molecule has 5 heteroatoms. The maximum atomic E-state index is 11.0. The quantitative estimate of drug-likeness (QED) is 0.505. The standard InChI is InChI=1S/C16H26N2O3/c1-4-7-8-13(5-2)12-17-14-9-15(18(19)20)11-16(10-14)21-6-3/h9-11,13,17H,4-8,12H2,1-3H3. The van der Waals surface area contributed by atoms with Crippen LogP contribution in [0.5, 0.6) is 5.75 Å². The summed E-state index contributed by atoms with van der Waals surface area (Å²) in [6.45, 7) is 7.57. The Kier molecular flexibility index (Phi) is 7.58. The van der Waals surface area contributed by atoms with Gasteiger partial charge in [-0.15, -0.1) is 0 Å². The highest BCUT2D eigenvalue weighted by Gasteiger charge is 2.12. The Hall–Kier alpha value is -1.78. The van der Waals surface area contributed by atoms with Crippen LogP contribution in [0.3, 0.4) is 0 Å². The SMILES string of the molecule is CCCCC(CC)CNc1cc(OCC)cc([N+](=O)[O-])c1. The Morgan fingerprint density at radius 3 is 2.62 bits per heavy atom. The van der Waals surface area contributed by atoms with Gasteiger partial charge in [-0.25, -0.2) is 0 Å². The second kappa shape index (κ2) is 9.21. The van der Waals surface area contributed by atoms with Crippen molar-refractivity contribution in [3.05, 3.63) is 28.3 Å². The molecule has 0 saturated heterocycles. The van der Waals surface area contributed by atoms with Gasteiger partial charge in [0.15, 0.2) is 0 Å². The molecule has 1 N–H and O–H groups in total. The van der Waals surface area contributed by atoms with Crippen LogP contribution in [0.2, 0.25) is 0 Å². The summed E-state index contributed by atoms with van der Waals surface area (Å²) < 4.78 is 5.39. The Morgan fingerprint density at radius 1 is 1.29 bits per heavy atom. The zero-order valence-electron chi connectivity index (χ0n) is 13.2. The topological polar surface area (TPSA) is 64.4 Å². The van der Waals surface area contributed by atoms with Gasteiger partial charge in [-0.3, -0.25) is 10.1 Å². The van der Waals surface area contributed by atoms with Crippen molar-refractivity contribution in [3.8, 4) is 5.75 Å². The molecule has 1 aromatic carbocycles. The second-order valence-electron chi connectivity index (χ2n) is 5.20. The number of nitro groups is 1. The van der Waals surface area contributed by atoms with E-state index in [1.54, 1.807) is 6.07 Å². The molecule has 21 heavy (non-hydrogen) atoms. The lowest BCUT2D eigenvalue weighted by Crippen LogP contribution is -2.13. The molecule has 0 spiro atoms. The molecule has 5 nitrogen and oxygen atoms in total. The highest BCUT2D eigenvalue weighted by atomic mass is 16.6. The number of benzene rings is 1. The van der Waals surface area contributed by atoms with Gasteiger partial charge in [0.05, 0.1) is 17.6 Å². The zero-order chi connectivity index (χ0) is 15.7. The highest BCUT2D eigenvalue weighted by molar-refractivity contribution is 5.56. The Balaban J connectivity index is 2.74. The van der Waals surface area contributed by atoms with Crippen molar-refractivity contribution in [1.82, 2.24) is 0 Å². The Morgan fingerprint density at radius 2 is 2.05 bits per heavy atom. The molecule has 1 atom stereocenters. The number of unbranched alkanes of at least 4 members (excludes halogenated alkanes) is 1.